The quantitative estimate of drug-likeness (QED) is 0.217. The molecular formula is C41H40N12O4S. The van der Waals surface area contributed by atoms with Crippen molar-refractivity contribution in [3.8, 4) is 28.0 Å². The maximum Gasteiger partial charge on any atom is 0.262 e. The maximum atomic E-state index is 13.4. The number of nitriles is 1. The zero-order chi connectivity index (χ0) is 39.7. The third-order valence-corrected chi connectivity index (χ3v) is 13.6. The second kappa shape index (κ2) is 14.0. The summed E-state index contributed by atoms with van der Waals surface area (Å²) in [5, 5.41) is 30.1. The number of nitrogens with one attached hydrogen (secondary N) is 2. The summed E-state index contributed by atoms with van der Waals surface area (Å²) in [5.74, 6) is -1.44. The van der Waals surface area contributed by atoms with Gasteiger partial charge >= 0.3 is 0 Å². The molecule has 4 amide bonds. The lowest BCUT2D eigenvalue weighted by Gasteiger charge is -2.54. The molecule has 10 rings (SSSR count). The fraction of sp³-hybridized carbons (Fsp3) is 0.390. The molecule has 9 heterocycles. The predicted molar refractivity (Wildman–Crippen MR) is 215 cm³/mol. The first kappa shape index (κ1) is 36.1. The number of carbonyl (C=O) groups excluding carboxylic acids is 4. The molecule has 16 nitrogen and oxygen atoms in total. The Kier molecular flexibility index (Phi) is 8.71. The summed E-state index contributed by atoms with van der Waals surface area (Å²) in [6.07, 6.45) is 6.97. The molecule has 58 heavy (non-hydrogen) atoms. The third-order valence-electron chi connectivity index (χ3n) is 12.5. The molecule has 1 unspecified atom stereocenters. The van der Waals surface area contributed by atoms with Crippen LogP contribution >= 0.6 is 11.3 Å². The van der Waals surface area contributed by atoms with Gasteiger partial charge in [-0.3, -0.25) is 34.4 Å². The number of hydrogen-bond donors (Lipinski definition) is 2. The molecule has 4 saturated heterocycles. The van der Waals surface area contributed by atoms with E-state index in [4.69, 9.17) is 4.98 Å². The molecule has 0 radical (unpaired) electrons. The number of fused-ring (bicyclic) bond motifs is 2. The minimum atomic E-state index is -0.966. The summed E-state index contributed by atoms with van der Waals surface area (Å²) in [7, 11) is 1.88. The molecule has 0 aliphatic carbocycles. The van der Waals surface area contributed by atoms with Crippen LogP contribution in [0.25, 0.3) is 27.5 Å². The average Bonchev–Trinajstić information content (AvgIpc) is 4.04. The summed E-state index contributed by atoms with van der Waals surface area (Å²) in [4.78, 5) is 63.7. The first-order valence-corrected chi connectivity index (χ1v) is 20.5. The van der Waals surface area contributed by atoms with Gasteiger partial charge in [0.05, 0.1) is 45.4 Å². The van der Waals surface area contributed by atoms with Crippen molar-refractivity contribution in [2.24, 2.45) is 11.3 Å². The van der Waals surface area contributed by atoms with Crippen LogP contribution in [0, 0.1) is 22.7 Å². The second-order valence-electron chi connectivity index (χ2n) is 16.1. The highest BCUT2D eigenvalue weighted by Crippen LogP contribution is 2.45. The standard InChI is InChI=1S/C41H40N12O4S/c1-43-31-16-32(33-5-3-27-14-25(17-42)18-45-53(27)33)44-19-30(31)37-47-48-40(58-37)51-22-41(23-51)9-12-49(13-10-41)20-24-8-11-50(21-24)26-2-4-28-29(15-26)39(57)52(38(28)56)34-6-7-35(54)46-36(34)55/h2-5,14-16,18-19,24,34H,6-13,20-23H2,1H3,(H,43,44)(H,46,54,55)/t24-,34?/m0/s1. The van der Waals surface area contributed by atoms with E-state index in [9.17, 15) is 24.4 Å². The number of anilines is 3. The van der Waals surface area contributed by atoms with E-state index in [0.717, 1.165) is 114 Å². The first-order valence-electron chi connectivity index (χ1n) is 19.7. The Morgan fingerprint density at radius 3 is 2.55 bits per heavy atom. The number of rotatable bonds is 8. The fourth-order valence-electron chi connectivity index (χ4n) is 9.34. The van der Waals surface area contributed by atoms with E-state index in [-0.39, 0.29) is 18.7 Å². The number of hydrogen-bond acceptors (Lipinski definition) is 14. The number of amides is 4. The Morgan fingerprint density at radius 1 is 0.931 bits per heavy atom. The van der Waals surface area contributed by atoms with Crippen LogP contribution in [0.2, 0.25) is 0 Å². The molecule has 0 bridgehead atoms. The van der Waals surface area contributed by atoms with Crippen molar-refractivity contribution >= 4 is 57.0 Å². The van der Waals surface area contributed by atoms with Gasteiger partial charge in [-0.2, -0.15) is 10.4 Å². The number of pyridine rings is 1. The summed E-state index contributed by atoms with van der Waals surface area (Å²) in [6.45, 7) is 6.87. The molecule has 1 spiro atoms. The average molecular weight is 797 g/mol. The molecular weight excluding hydrogens is 757 g/mol. The lowest BCUT2D eigenvalue weighted by atomic mass is 9.72. The Bertz CT molecular complexity index is 2560. The van der Waals surface area contributed by atoms with Gasteiger partial charge in [0.15, 0.2) is 5.01 Å². The molecule has 5 aliphatic heterocycles. The lowest BCUT2D eigenvalue weighted by Crippen LogP contribution is -2.60. The van der Waals surface area contributed by atoms with Gasteiger partial charge in [0, 0.05) is 69.2 Å². The van der Waals surface area contributed by atoms with E-state index >= 15 is 0 Å². The summed E-state index contributed by atoms with van der Waals surface area (Å²) in [6, 6.07) is 14.2. The number of imide groups is 2. The van der Waals surface area contributed by atoms with Gasteiger partial charge in [0.1, 0.15) is 12.1 Å². The van der Waals surface area contributed by atoms with Gasteiger partial charge in [-0.15, -0.1) is 10.2 Å². The normalized spacial score (nSPS) is 21.8. The Labute approximate surface area is 337 Å². The molecule has 0 saturated carbocycles. The molecule has 17 heteroatoms. The smallest absolute Gasteiger partial charge is 0.262 e. The van der Waals surface area contributed by atoms with Crippen molar-refractivity contribution in [1.82, 2.24) is 39.9 Å². The highest BCUT2D eigenvalue weighted by Gasteiger charge is 2.47. The molecule has 5 aromatic rings. The van der Waals surface area contributed by atoms with Gasteiger partial charge in [0.2, 0.25) is 16.9 Å². The monoisotopic (exact) mass is 796 g/mol. The Balaban J connectivity index is 0.724. The largest absolute Gasteiger partial charge is 0.387 e. The van der Waals surface area contributed by atoms with Crippen LogP contribution < -0.4 is 20.4 Å². The second-order valence-corrected chi connectivity index (χ2v) is 17.1. The van der Waals surface area contributed by atoms with Crippen LogP contribution in [-0.2, 0) is 9.59 Å². The topological polar surface area (TPSA) is 185 Å². The van der Waals surface area contributed by atoms with Gasteiger partial charge in [0.25, 0.3) is 11.8 Å². The van der Waals surface area contributed by atoms with Gasteiger partial charge < -0.3 is 20.0 Å². The fourth-order valence-corrected chi connectivity index (χ4v) is 10.2. The molecule has 294 valence electrons. The summed E-state index contributed by atoms with van der Waals surface area (Å²) < 4.78 is 1.79. The maximum absolute atomic E-state index is 13.4. The molecule has 2 atom stereocenters. The van der Waals surface area contributed by atoms with Crippen LogP contribution in [0.3, 0.4) is 0 Å². The highest BCUT2D eigenvalue weighted by atomic mass is 32.1. The molecule has 4 fully saturated rings. The van der Waals surface area contributed by atoms with Crippen molar-refractivity contribution in [2.75, 3.05) is 68.0 Å². The Hall–Kier alpha value is -6.25. The van der Waals surface area contributed by atoms with E-state index in [1.165, 1.54) is 0 Å². The number of carbonyl (C=O) groups is 4. The van der Waals surface area contributed by atoms with Crippen molar-refractivity contribution in [3.63, 3.8) is 0 Å². The van der Waals surface area contributed by atoms with Crippen molar-refractivity contribution in [3.05, 3.63) is 71.5 Å². The van der Waals surface area contributed by atoms with Gasteiger partial charge in [-0.1, -0.05) is 11.3 Å². The van der Waals surface area contributed by atoms with E-state index < -0.39 is 23.8 Å². The van der Waals surface area contributed by atoms with E-state index in [0.29, 0.717) is 28.0 Å². The van der Waals surface area contributed by atoms with Crippen molar-refractivity contribution in [1.29, 1.82) is 5.26 Å². The zero-order valence-corrected chi connectivity index (χ0v) is 32.7. The minimum absolute atomic E-state index is 0.0978. The van der Waals surface area contributed by atoms with Crippen LogP contribution in [0.4, 0.5) is 16.5 Å². The zero-order valence-electron chi connectivity index (χ0n) is 31.8. The van der Waals surface area contributed by atoms with Crippen molar-refractivity contribution < 1.29 is 19.2 Å². The van der Waals surface area contributed by atoms with Gasteiger partial charge in [-0.25, -0.2) is 4.52 Å². The number of nitrogens with zero attached hydrogens (tertiary/aromatic N) is 10. The number of likely N-dealkylation sites (tertiary alicyclic amines) is 1. The van der Waals surface area contributed by atoms with Crippen LogP contribution in [0.5, 0.6) is 0 Å². The minimum Gasteiger partial charge on any atom is -0.387 e. The van der Waals surface area contributed by atoms with Crippen LogP contribution in [-0.4, -0.2) is 117 Å². The highest BCUT2D eigenvalue weighted by molar-refractivity contribution is 7.18. The lowest BCUT2D eigenvalue weighted by molar-refractivity contribution is -0.136. The summed E-state index contributed by atoms with van der Waals surface area (Å²) in [5.41, 5.74) is 6.55. The molecule has 5 aliphatic rings. The third kappa shape index (κ3) is 6.14. The SMILES string of the molecule is CNc1cc(-c2ccc3cc(C#N)cnn23)ncc1-c1nnc(N2CC3(CCN(C[C@@H]4CCN(c5ccc6c(c5)C(=O)N(C5CCC(=O)NC5=O)C6=O)C4)CC3)C2)s1. The van der Waals surface area contributed by atoms with Gasteiger partial charge in [-0.05, 0) is 87.2 Å². The van der Waals surface area contributed by atoms with Crippen LogP contribution in [0.15, 0.2) is 54.9 Å². The number of piperidine rings is 2. The Morgan fingerprint density at radius 2 is 1.76 bits per heavy atom. The predicted octanol–water partition coefficient (Wildman–Crippen LogP) is 3.66. The van der Waals surface area contributed by atoms with E-state index in [2.05, 4.69) is 46.7 Å². The van der Waals surface area contributed by atoms with E-state index in [1.54, 1.807) is 40.2 Å². The molecule has 2 N–H and O–H groups in total. The van der Waals surface area contributed by atoms with Crippen LogP contribution in [0.1, 0.15) is 58.4 Å². The van der Waals surface area contributed by atoms with E-state index in [1.807, 2.05) is 37.5 Å². The number of aromatic nitrogens is 5. The molecule has 1 aromatic carbocycles. The summed E-state index contributed by atoms with van der Waals surface area (Å²) >= 11 is 1.59. The number of benzene rings is 1. The van der Waals surface area contributed by atoms with Crippen molar-refractivity contribution in [2.45, 2.75) is 38.1 Å². The first-order chi connectivity index (χ1) is 28.2. The molecule has 4 aromatic heterocycles.